The van der Waals surface area contributed by atoms with E-state index in [1.807, 2.05) is 19.1 Å². The maximum absolute atomic E-state index is 15.0. The highest BCUT2D eigenvalue weighted by atomic mass is 19.1. The first-order valence-electron chi connectivity index (χ1n) is 10.8. The van der Waals surface area contributed by atoms with Gasteiger partial charge in [0, 0.05) is 41.6 Å². The third kappa shape index (κ3) is 5.18. The molecular weight excluding hydrogens is 438 g/mol. The van der Waals surface area contributed by atoms with E-state index in [-0.39, 0.29) is 23.6 Å². The molecule has 0 saturated heterocycles. The molecule has 0 bridgehead atoms. The summed E-state index contributed by atoms with van der Waals surface area (Å²) in [7, 11) is 0. The highest BCUT2D eigenvalue weighted by Gasteiger charge is 2.29. The first-order valence-corrected chi connectivity index (χ1v) is 10.8. The standard InChI is InChI=1S/C26H24F2N4O2/c1-26(12-14-33,16-19-5-2-3-13-29-19)30-25(34)20-6-4-7-21(28)24(20)23-15-22(31-32-23)17-8-10-18(27)11-9-17/h2-11,13,15,33H,12,14,16H2,1H3,(H,30,34)(H,31,32). The molecular formula is C26H24F2N4O2. The zero-order valence-electron chi connectivity index (χ0n) is 18.6. The van der Waals surface area contributed by atoms with Crippen molar-refractivity contribution in [2.24, 2.45) is 0 Å². The molecule has 0 fully saturated rings. The van der Waals surface area contributed by atoms with Crippen molar-refractivity contribution in [3.05, 3.63) is 95.8 Å². The molecule has 1 amide bonds. The Morgan fingerprint density at radius 3 is 2.59 bits per heavy atom. The van der Waals surface area contributed by atoms with E-state index < -0.39 is 17.3 Å². The first kappa shape index (κ1) is 23.3. The van der Waals surface area contributed by atoms with E-state index in [4.69, 9.17) is 0 Å². The van der Waals surface area contributed by atoms with Crippen LogP contribution in [0.5, 0.6) is 0 Å². The Balaban J connectivity index is 1.65. The molecule has 1 atom stereocenters. The second kappa shape index (κ2) is 9.93. The predicted octanol–water partition coefficient (Wildman–Crippen LogP) is 4.53. The number of rotatable bonds is 8. The van der Waals surface area contributed by atoms with Crippen molar-refractivity contribution in [3.63, 3.8) is 0 Å². The fourth-order valence-electron chi connectivity index (χ4n) is 3.89. The summed E-state index contributed by atoms with van der Waals surface area (Å²) in [6.07, 6.45) is 2.35. The second-order valence-corrected chi connectivity index (χ2v) is 8.32. The molecule has 2 aromatic heterocycles. The average Bonchev–Trinajstić information content (AvgIpc) is 3.29. The van der Waals surface area contributed by atoms with E-state index >= 15 is 0 Å². The fourth-order valence-corrected chi connectivity index (χ4v) is 3.89. The molecule has 2 aromatic carbocycles. The molecule has 0 aliphatic rings. The number of amides is 1. The van der Waals surface area contributed by atoms with E-state index in [0.717, 1.165) is 5.69 Å². The lowest BCUT2D eigenvalue weighted by atomic mass is 9.90. The van der Waals surface area contributed by atoms with Gasteiger partial charge in [0.05, 0.1) is 17.0 Å². The van der Waals surface area contributed by atoms with Gasteiger partial charge in [0.15, 0.2) is 0 Å². The summed E-state index contributed by atoms with van der Waals surface area (Å²) in [5, 5.41) is 19.6. The van der Waals surface area contributed by atoms with E-state index in [2.05, 4.69) is 20.5 Å². The maximum atomic E-state index is 15.0. The maximum Gasteiger partial charge on any atom is 0.252 e. The van der Waals surface area contributed by atoms with Crippen LogP contribution in [0.4, 0.5) is 8.78 Å². The van der Waals surface area contributed by atoms with Crippen LogP contribution < -0.4 is 5.32 Å². The SMILES string of the molecule is CC(CCO)(Cc1ccccn1)NC(=O)c1cccc(F)c1-c1cc(-c2ccc(F)cc2)n[nH]1. The van der Waals surface area contributed by atoms with Crippen LogP contribution in [0.25, 0.3) is 22.5 Å². The van der Waals surface area contributed by atoms with Gasteiger partial charge in [0.25, 0.3) is 5.91 Å². The molecule has 8 heteroatoms. The quantitative estimate of drug-likeness (QED) is 0.359. The molecule has 6 nitrogen and oxygen atoms in total. The van der Waals surface area contributed by atoms with Gasteiger partial charge in [0.1, 0.15) is 11.6 Å². The summed E-state index contributed by atoms with van der Waals surface area (Å²) in [5.74, 6) is -1.45. The van der Waals surface area contributed by atoms with E-state index in [1.54, 1.807) is 30.5 Å². The molecule has 0 aliphatic carbocycles. The highest BCUT2D eigenvalue weighted by Crippen LogP contribution is 2.29. The smallest absolute Gasteiger partial charge is 0.252 e. The number of aliphatic hydroxyl groups excluding tert-OH is 1. The van der Waals surface area contributed by atoms with Crippen LogP contribution in [-0.4, -0.2) is 38.3 Å². The van der Waals surface area contributed by atoms with Crippen LogP contribution in [0.15, 0.2) is 72.9 Å². The van der Waals surface area contributed by atoms with Crippen molar-refractivity contribution in [2.45, 2.75) is 25.3 Å². The summed E-state index contributed by atoms with van der Waals surface area (Å²) >= 11 is 0. The highest BCUT2D eigenvalue weighted by molar-refractivity contribution is 6.01. The number of hydrogen-bond donors (Lipinski definition) is 3. The number of nitrogens with zero attached hydrogens (tertiary/aromatic N) is 2. The van der Waals surface area contributed by atoms with Crippen molar-refractivity contribution in [3.8, 4) is 22.5 Å². The lowest BCUT2D eigenvalue weighted by molar-refractivity contribution is 0.0888. The third-order valence-electron chi connectivity index (χ3n) is 5.62. The molecule has 4 rings (SSSR count). The molecule has 4 aromatic rings. The van der Waals surface area contributed by atoms with Crippen molar-refractivity contribution < 1.29 is 18.7 Å². The lowest BCUT2D eigenvalue weighted by Gasteiger charge is -2.30. The number of hydrogen-bond acceptors (Lipinski definition) is 4. The Bertz CT molecular complexity index is 1280. The molecule has 0 saturated carbocycles. The lowest BCUT2D eigenvalue weighted by Crippen LogP contribution is -2.48. The number of aromatic nitrogens is 3. The number of H-pyrrole nitrogens is 1. The number of carbonyl (C=O) groups excluding carboxylic acids is 1. The Kier molecular flexibility index (Phi) is 6.79. The molecule has 34 heavy (non-hydrogen) atoms. The number of nitrogens with one attached hydrogen (secondary N) is 2. The molecule has 174 valence electrons. The molecule has 0 spiro atoms. The van der Waals surface area contributed by atoms with Gasteiger partial charge in [-0.2, -0.15) is 5.10 Å². The van der Waals surface area contributed by atoms with Crippen LogP contribution >= 0.6 is 0 Å². The zero-order chi connectivity index (χ0) is 24.1. The number of benzene rings is 2. The molecule has 2 heterocycles. The average molecular weight is 463 g/mol. The molecule has 1 unspecified atom stereocenters. The van der Waals surface area contributed by atoms with Gasteiger partial charge in [-0.3, -0.25) is 14.9 Å². The summed E-state index contributed by atoms with van der Waals surface area (Å²) in [5.41, 5.74) is 1.61. The van der Waals surface area contributed by atoms with Crippen LogP contribution in [0, 0.1) is 11.6 Å². The van der Waals surface area contributed by atoms with Crippen molar-refractivity contribution in [1.82, 2.24) is 20.5 Å². The van der Waals surface area contributed by atoms with E-state index in [9.17, 15) is 18.7 Å². The van der Waals surface area contributed by atoms with Crippen LogP contribution in [0.1, 0.15) is 29.4 Å². The van der Waals surface area contributed by atoms with Crippen molar-refractivity contribution in [2.75, 3.05) is 6.61 Å². The number of halogens is 2. The van der Waals surface area contributed by atoms with Crippen LogP contribution in [0.3, 0.4) is 0 Å². The monoisotopic (exact) mass is 462 g/mol. The number of carbonyl (C=O) groups is 1. The topological polar surface area (TPSA) is 90.9 Å². The van der Waals surface area contributed by atoms with Crippen molar-refractivity contribution >= 4 is 5.91 Å². The van der Waals surface area contributed by atoms with E-state index in [1.165, 1.54) is 30.3 Å². The van der Waals surface area contributed by atoms with Gasteiger partial charge >= 0.3 is 0 Å². The van der Waals surface area contributed by atoms with Crippen LogP contribution in [-0.2, 0) is 6.42 Å². The number of pyridine rings is 1. The number of aliphatic hydroxyl groups is 1. The molecule has 3 N–H and O–H groups in total. The summed E-state index contributed by atoms with van der Waals surface area (Å²) < 4.78 is 28.2. The van der Waals surface area contributed by atoms with Gasteiger partial charge < -0.3 is 10.4 Å². The van der Waals surface area contributed by atoms with Gasteiger partial charge in [-0.15, -0.1) is 0 Å². The Labute approximate surface area is 195 Å². The minimum Gasteiger partial charge on any atom is -0.396 e. The minimum absolute atomic E-state index is 0.0741. The zero-order valence-corrected chi connectivity index (χ0v) is 18.6. The van der Waals surface area contributed by atoms with Gasteiger partial charge in [-0.25, -0.2) is 8.78 Å². The van der Waals surface area contributed by atoms with Gasteiger partial charge in [-0.1, -0.05) is 12.1 Å². The summed E-state index contributed by atoms with van der Waals surface area (Å²) in [4.78, 5) is 17.6. The molecule has 0 radical (unpaired) electrons. The predicted molar refractivity (Wildman–Crippen MR) is 125 cm³/mol. The third-order valence-corrected chi connectivity index (χ3v) is 5.62. The summed E-state index contributed by atoms with van der Waals surface area (Å²) in [6.45, 7) is 1.68. The molecule has 0 aliphatic heterocycles. The van der Waals surface area contributed by atoms with Gasteiger partial charge in [-0.05, 0) is 67.9 Å². The Morgan fingerprint density at radius 1 is 1.09 bits per heavy atom. The number of aromatic amines is 1. The van der Waals surface area contributed by atoms with E-state index in [0.29, 0.717) is 29.8 Å². The van der Waals surface area contributed by atoms with Crippen molar-refractivity contribution in [1.29, 1.82) is 0 Å². The Morgan fingerprint density at radius 2 is 1.88 bits per heavy atom. The normalized spacial score (nSPS) is 12.8. The fraction of sp³-hybridized carbons (Fsp3) is 0.192. The summed E-state index contributed by atoms with van der Waals surface area (Å²) in [6, 6.07) is 17.2. The van der Waals surface area contributed by atoms with Gasteiger partial charge in [0.2, 0.25) is 0 Å². The largest absolute Gasteiger partial charge is 0.396 e. The van der Waals surface area contributed by atoms with Crippen LogP contribution in [0.2, 0.25) is 0 Å². The first-order chi connectivity index (χ1) is 16.4. The Hall–Kier alpha value is -3.91. The minimum atomic E-state index is -0.809. The second-order valence-electron chi connectivity index (χ2n) is 8.32.